The molecule has 1 fully saturated rings. The van der Waals surface area contributed by atoms with Crippen molar-refractivity contribution in [3.05, 3.63) is 38.0 Å². The molecule has 0 unspecified atom stereocenters. The van der Waals surface area contributed by atoms with Crippen molar-refractivity contribution in [3.8, 4) is 0 Å². The van der Waals surface area contributed by atoms with Gasteiger partial charge in [-0.15, -0.1) is 19.7 Å². The van der Waals surface area contributed by atoms with Gasteiger partial charge >= 0.3 is 0 Å². The van der Waals surface area contributed by atoms with Gasteiger partial charge in [-0.3, -0.25) is 0 Å². The monoisotopic (exact) mass is 252 g/mol. The lowest BCUT2D eigenvalue weighted by Gasteiger charge is -2.42. The fourth-order valence-corrected chi connectivity index (χ4v) is 1.63. The zero-order valence-corrected chi connectivity index (χ0v) is 10.9. The summed E-state index contributed by atoms with van der Waals surface area (Å²) in [5, 5.41) is 6.33. The lowest BCUT2D eigenvalue weighted by Crippen LogP contribution is -2.64. The fraction of sp³-hybridized carbons (Fsp3) is 0.500. The summed E-state index contributed by atoms with van der Waals surface area (Å²) < 4.78 is 0. The van der Waals surface area contributed by atoms with Crippen LogP contribution in [0.4, 0.5) is 0 Å². The van der Waals surface area contributed by atoms with Gasteiger partial charge in [0.2, 0.25) is 0 Å². The molecule has 1 rings (SSSR count). The van der Waals surface area contributed by atoms with Crippen molar-refractivity contribution in [2.45, 2.75) is 0 Å². The Hall–Kier alpha value is -1.02. The Balaban J connectivity index is 2.44. The van der Waals surface area contributed by atoms with E-state index in [4.69, 9.17) is 0 Å². The van der Waals surface area contributed by atoms with Crippen LogP contribution < -0.4 is 16.3 Å². The van der Waals surface area contributed by atoms with Gasteiger partial charge in [-0.1, -0.05) is 18.2 Å². The number of nitrogens with one attached hydrogen (secondary N) is 3. The summed E-state index contributed by atoms with van der Waals surface area (Å²) in [5.74, 6) is 0. The topological polar surface area (TPSA) is 45.8 Å². The fourth-order valence-electron chi connectivity index (χ4n) is 1.63. The van der Waals surface area contributed by atoms with Crippen LogP contribution in [0.25, 0.3) is 0 Å². The van der Waals surface area contributed by atoms with Gasteiger partial charge in [-0.2, -0.15) is 0 Å². The zero-order valence-electron chi connectivity index (χ0n) is 10.9. The van der Waals surface area contributed by atoms with E-state index in [1.807, 2.05) is 18.2 Å². The molecule has 18 heavy (non-hydrogen) atoms. The van der Waals surface area contributed by atoms with Crippen LogP contribution in [0.5, 0.6) is 0 Å². The van der Waals surface area contributed by atoms with Gasteiger partial charge in [0.1, 0.15) is 0 Å². The van der Waals surface area contributed by atoms with E-state index < -0.39 is 0 Å². The van der Waals surface area contributed by atoms with Gasteiger partial charge in [0, 0.05) is 19.6 Å². The van der Waals surface area contributed by atoms with Gasteiger partial charge in [0.25, 0.3) is 0 Å². The van der Waals surface area contributed by atoms with Gasteiger partial charge < -0.3 is 0 Å². The summed E-state index contributed by atoms with van der Waals surface area (Å²) in [6.07, 6.45) is 5.53. The lowest BCUT2D eigenvalue weighted by atomic mass is 10.6. The van der Waals surface area contributed by atoms with Crippen molar-refractivity contribution in [1.82, 2.24) is 31.3 Å². The number of hydrogen-bond acceptors (Lipinski definition) is 6. The number of hydrazine groups is 3. The second-order valence-corrected chi connectivity index (χ2v) is 4.00. The van der Waals surface area contributed by atoms with Crippen LogP contribution >= 0.6 is 0 Å². The average Bonchev–Trinajstić information content (AvgIpc) is 2.40. The first-order chi connectivity index (χ1) is 8.80. The molecule has 0 saturated carbocycles. The normalized spacial score (nSPS) is 18.7. The van der Waals surface area contributed by atoms with Crippen molar-refractivity contribution >= 4 is 0 Å². The van der Waals surface area contributed by atoms with Crippen molar-refractivity contribution in [3.63, 3.8) is 0 Å². The molecule has 1 aliphatic heterocycles. The third-order valence-corrected chi connectivity index (χ3v) is 2.40. The molecule has 6 nitrogen and oxygen atoms in total. The highest BCUT2D eigenvalue weighted by Gasteiger charge is 2.21. The first-order valence-electron chi connectivity index (χ1n) is 6.08. The molecule has 1 saturated heterocycles. The summed E-state index contributed by atoms with van der Waals surface area (Å²) in [4.78, 5) is 0. The molecule has 0 radical (unpaired) electrons. The number of rotatable bonds is 9. The molecule has 1 aliphatic rings. The SMILES string of the molecule is C=CCNN1CN(NCC=C)CN(NCC=C)C1. The minimum absolute atomic E-state index is 0.755. The molecule has 102 valence electrons. The largest absolute Gasteiger partial charge is 0.249 e. The Morgan fingerprint density at radius 1 is 0.667 bits per heavy atom. The van der Waals surface area contributed by atoms with Crippen LogP contribution in [0, 0.1) is 0 Å². The Labute approximate surface area is 110 Å². The Kier molecular flexibility index (Phi) is 7.51. The summed E-state index contributed by atoms with van der Waals surface area (Å²) in [5.41, 5.74) is 9.85. The van der Waals surface area contributed by atoms with Crippen LogP contribution in [-0.4, -0.2) is 54.7 Å². The highest BCUT2D eigenvalue weighted by molar-refractivity contribution is 4.74. The van der Waals surface area contributed by atoms with Crippen molar-refractivity contribution in [2.24, 2.45) is 0 Å². The Bertz CT molecular complexity index is 218. The van der Waals surface area contributed by atoms with Crippen LogP contribution in [0.1, 0.15) is 0 Å². The Morgan fingerprint density at radius 3 is 1.17 bits per heavy atom. The van der Waals surface area contributed by atoms with Crippen LogP contribution in [0.3, 0.4) is 0 Å². The number of hydrogen-bond donors (Lipinski definition) is 3. The maximum absolute atomic E-state index is 3.71. The van der Waals surface area contributed by atoms with E-state index in [9.17, 15) is 0 Å². The molecule has 0 atom stereocenters. The van der Waals surface area contributed by atoms with Crippen molar-refractivity contribution in [2.75, 3.05) is 39.6 Å². The molecule has 0 aromatic heterocycles. The second-order valence-electron chi connectivity index (χ2n) is 4.00. The summed E-state index contributed by atoms with van der Waals surface area (Å²) in [7, 11) is 0. The van der Waals surface area contributed by atoms with E-state index in [1.165, 1.54) is 0 Å². The predicted octanol–water partition coefficient (Wildman–Crippen LogP) is -0.150. The quantitative estimate of drug-likeness (QED) is 0.496. The highest BCUT2D eigenvalue weighted by Crippen LogP contribution is 2.00. The first kappa shape index (κ1) is 15.0. The zero-order chi connectivity index (χ0) is 13.2. The molecular weight excluding hydrogens is 228 g/mol. The van der Waals surface area contributed by atoms with E-state index >= 15 is 0 Å². The lowest BCUT2D eigenvalue weighted by molar-refractivity contribution is -0.0955. The van der Waals surface area contributed by atoms with Gasteiger partial charge in [0.15, 0.2) is 0 Å². The maximum atomic E-state index is 3.71. The van der Waals surface area contributed by atoms with E-state index in [2.05, 4.69) is 51.0 Å². The average molecular weight is 252 g/mol. The molecule has 0 amide bonds. The van der Waals surface area contributed by atoms with Gasteiger partial charge in [0.05, 0.1) is 20.0 Å². The molecule has 1 heterocycles. The van der Waals surface area contributed by atoms with Crippen molar-refractivity contribution < 1.29 is 0 Å². The molecule has 3 N–H and O–H groups in total. The molecule has 0 aromatic rings. The van der Waals surface area contributed by atoms with E-state index in [-0.39, 0.29) is 0 Å². The third-order valence-electron chi connectivity index (χ3n) is 2.40. The van der Waals surface area contributed by atoms with Crippen LogP contribution in [0.2, 0.25) is 0 Å². The molecular formula is C12H24N6. The molecule has 0 bridgehead atoms. The minimum Gasteiger partial charge on any atom is -0.249 e. The standard InChI is InChI=1S/C12H24N6/c1-4-7-13-16-10-17(14-8-5-2)12-18(11-16)15-9-6-3/h4-6,13-15H,1-3,7-12H2. The van der Waals surface area contributed by atoms with Gasteiger partial charge in [-0.05, 0) is 0 Å². The van der Waals surface area contributed by atoms with Crippen molar-refractivity contribution in [1.29, 1.82) is 0 Å². The van der Waals surface area contributed by atoms with E-state index in [1.54, 1.807) is 0 Å². The Morgan fingerprint density at radius 2 is 0.944 bits per heavy atom. The second kappa shape index (κ2) is 8.98. The maximum Gasteiger partial charge on any atom is 0.0812 e. The summed E-state index contributed by atoms with van der Waals surface area (Å²) in [6.45, 7) is 15.8. The van der Waals surface area contributed by atoms with Gasteiger partial charge in [-0.25, -0.2) is 31.3 Å². The minimum atomic E-state index is 0.755. The number of nitrogens with zero attached hydrogens (tertiary/aromatic N) is 3. The van der Waals surface area contributed by atoms with E-state index in [0.29, 0.717) is 0 Å². The highest BCUT2D eigenvalue weighted by atomic mass is 15.8. The van der Waals surface area contributed by atoms with Crippen LogP contribution in [0.15, 0.2) is 38.0 Å². The molecule has 6 heteroatoms. The smallest absolute Gasteiger partial charge is 0.0812 e. The van der Waals surface area contributed by atoms with E-state index in [0.717, 1.165) is 39.6 Å². The molecule has 0 spiro atoms. The first-order valence-corrected chi connectivity index (χ1v) is 6.08. The third kappa shape index (κ3) is 5.54. The summed E-state index contributed by atoms with van der Waals surface area (Å²) >= 11 is 0. The molecule has 0 aliphatic carbocycles. The summed E-state index contributed by atoms with van der Waals surface area (Å²) in [6, 6.07) is 0. The predicted molar refractivity (Wildman–Crippen MR) is 74.7 cm³/mol. The van der Waals surface area contributed by atoms with Crippen LogP contribution in [-0.2, 0) is 0 Å². The molecule has 0 aromatic carbocycles.